The van der Waals surface area contributed by atoms with Gasteiger partial charge in [0.1, 0.15) is 5.75 Å². The van der Waals surface area contributed by atoms with Crippen molar-refractivity contribution in [2.45, 2.75) is 45.4 Å². The molecule has 2 atom stereocenters. The van der Waals surface area contributed by atoms with Crippen LogP contribution in [-0.4, -0.2) is 38.3 Å². The minimum absolute atomic E-state index is 0.304. The standard InChI is InChI=1S/C20H31NO3/c1-15(2)14-23-20(22)24-18-10-7-9-16(12-18)19-11-6-5-8-17(19)13-21(3)4/h7,9-10,12,15,17,19H,5-6,8,11,13-14H2,1-4H3/t17-,19-/m0/s1. The number of hydrogen-bond acceptors (Lipinski definition) is 4. The predicted octanol–water partition coefficient (Wildman–Crippen LogP) is 4.69. The van der Waals surface area contributed by atoms with Crippen molar-refractivity contribution in [3.05, 3.63) is 29.8 Å². The summed E-state index contributed by atoms with van der Waals surface area (Å²) >= 11 is 0. The summed E-state index contributed by atoms with van der Waals surface area (Å²) in [6.45, 7) is 5.49. The fraction of sp³-hybridized carbons (Fsp3) is 0.650. The molecule has 1 aromatic rings. The Bertz CT molecular complexity index is 527. The number of benzene rings is 1. The predicted molar refractivity (Wildman–Crippen MR) is 96.5 cm³/mol. The fourth-order valence-electron chi connectivity index (χ4n) is 3.50. The SMILES string of the molecule is CC(C)COC(=O)Oc1cccc([C@@H]2CCCC[C@H]2CN(C)C)c1. The highest BCUT2D eigenvalue weighted by molar-refractivity contribution is 5.63. The van der Waals surface area contributed by atoms with Crippen LogP contribution in [-0.2, 0) is 4.74 Å². The summed E-state index contributed by atoms with van der Waals surface area (Å²) in [4.78, 5) is 14.0. The van der Waals surface area contributed by atoms with Gasteiger partial charge in [-0.15, -0.1) is 0 Å². The fourth-order valence-corrected chi connectivity index (χ4v) is 3.50. The van der Waals surface area contributed by atoms with Gasteiger partial charge >= 0.3 is 6.16 Å². The second kappa shape index (κ2) is 9.07. The van der Waals surface area contributed by atoms with Crippen LogP contribution < -0.4 is 4.74 Å². The quantitative estimate of drug-likeness (QED) is 0.559. The van der Waals surface area contributed by atoms with Crippen molar-refractivity contribution >= 4 is 6.16 Å². The summed E-state index contributed by atoms with van der Waals surface area (Å²) in [5, 5.41) is 0. The summed E-state index contributed by atoms with van der Waals surface area (Å²) in [5.41, 5.74) is 1.27. The first-order valence-electron chi connectivity index (χ1n) is 9.05. The lowest BCUT2D eigenvalue weighted by molar-refractivity contribution is 0.0885. The van der Waals surface area contributed by atoms with Crippen LogP contribution in [0.15, 0.2) is 24.3 Å². The average molecular weight is 333 g/mol. The molecule has 1 aliphatic carbocycles. The van der Waals surface area contributed by atoms with E-state index < -0.39 is 6.16 Å². The molecule has 0 spiro atoms. The first-order valence-corrected chi connectivity index (χ1v) is 9.05. The van der Waals surface area contributed by atoms with E-state index in [1.165, 1.54) is 31.2 Å². The molecule has 0 N–H and O–H groups in total. The van der Waals surface area contributed by atoms with Crippen molar-refractivity contribution in [2.24, 2.45) is 11.8 Å². The van der Waals surface area contributed by atoms with E-state index in [0.29, 0.717) is 30.1 Å². The van der Waals surface area contributed by atoms with Crippen LogP contribution in [0.4, 0.5) is 4.79 Å². The lowest BCUT2D eigenvalue weighted by atomic mass is 9.75. The number of carbonyl (C=O) groups is 1. The smallest absolute Gasteiger partial charge is 0.434 e. The minimum atomic E-state index is -0.616. The van der Waals surface area contributed by atoms with Gasteiger partial charge in [-0.05, 0) is 62.4 Å². The third kappa shape index (κ3) is 5.82. The molecule has 2 rings (SSSR count). The van der Waals surface area contributed by atoms with Gasteiger partial charge in [0, 0.05) is 6.54 Å². The molecule has 0 unspecified atom stereocenters. The van der Waals surface area contributed by atoms with Gasteiger partial charge in [0.05, 0.1) is 6.61 Å². The summed E-state index contributed by atoms with van der Waals surface area (Å²) in [5.74, 6) is 2.08. The summed E-state index contributed by atoms with van der Waals surface area (Å²) in [7, 11) is 4.27. The van der Waals surface area contributed by atoms with Crippen molar-refractivity contribution in [1.29, 1.82) is 0 Å². The minimum Gasteiger partial charge on any atom is -0.434 e. The maximum absolute atomic E-state index is 11.8. The van der Waals surface area contributed by atoms with Gasteiger partial charge in [-0.25, -0.2) is 4.79 Å². The van der Waals surface area contributed by atoms with Gasteiger partial charge in [0.2, 0.25) is 0 Å². The van der Waals surface area contributed by atoms with Crippen LogP contribution in [0.2, 0.25) is 0 Å². The van der Waals surface area contributed by atoms with Crippen molar-refractivity contribution < 1.29 is 14.3 Å². The van der Waals surface area contributed by atoms with Crippen LogP contribution in [0, 0.1) is 11.8 Å². The Labute approximate surface area is 146 Å². The Kier molecular flexibility index (Phi) is 7.10. The monoisotopic (exact) mass is 333 g/mol. The maximum Gasteiger partial charge on any atom is 0.513 e. The largest absolute Gasteiger partial charge is 0.513 e. The molecule has 4 heteroatoms. The van der Waals surface area contributed by atoms with E-state index in [9.17, 15) is 4.79 Å². The summed E-state index contributed by atoms with van der Waals surface area (Å²) in [6, 6.07) is 7.96. The molecule has 134 valence electrons. The molecular weight excluding hydrogens is 302 g/mol. The lowest BCUT2D eigenvalue weighted by Crippen LogP contribution is -2.29. The number of hydrogen-bond donors (Lipinski definition) is 0. The Hall–Kier alpha value is -1.55. The average Bonchev–Trinajstić information content (AvgIpc) is 2.53. The highest BCUT2D eigenvalue weighted by atomic mass is 16.7. The number of nitrogens with zero attached hydrogens (tertiary/aromatic N) is 1. The van der Waals surface area contributed by atoms with E-state index >= 15 is 0 Å². The van der Waals surface area contributed by atoms with E-state index in [0.717, 1.165) is 6.54 Å². The Morgan fingerprint density at radius 3 is 2.71 bits per heavy atom. The van der Waals surface area contributed by atoms with Gasteiger partial charge in [0.15, 0.2) is 0 Å². The zero-order valence-corrected chi connectivity index (χ0v) is 15.5. The lowest BCUT2D eigenvalue weighted by Gasteiger charge is -2.34. The molecule has 1 saturated carbocycles. The second-order valence-electron chi connectivity index (χ2n) is 7.54. The van der Waals surface area contributed by atoms with Gasteiger partial charge < -0.3 is 14.4 Å². The molecule has 0 aromatic heterocycles. The molecule has 0 heterocycles. The van der Waals surface area contributed by atoms with E-state index in [4.69, 9.17) is 9.47 Å². The zero-order chi connectivity index (χ0) is 17.5. The van der Waals surface area contributed by atoms with Gasteiger partial charge in [-0.1, -0.05) is 38.8 Å². The van der Waals surface area contributed by atoms with E-state index in [1.54, 1.807) is 0 Å². The van der Waals surface area contributed by atoms with E-state index in [-0.39, 0.29) is 0 Å². The van der Waals surface area contributed by atoms with Crippen LogP contribution in [0.1, 0.15) is 51.0 Å². The van der Waals surface area contributed by atoms with Crippen molar-refractivity contribution in [2.75, 3.05) is 27.2 Å². The number of rotatable bonds is 6. The molecule has 1 aromatic carbocycles. The molecule has 0 radical (unpaired) electrons. The molecule has 1 fully saturated rings. The third-order valence-corrected chi connectivity index (χ3v) is 4.53. The molecule has 4 nitrogen and oxygen atoms in total. The van der Waals surface area contributed by atoms with E-state index in [2.05, 4.69) is 25.1 Å². The summed E-state index contributed by atoms with van der Waals surface area (Å²) in [6.07, 6.45) is 4.45. The first-order chi connectivity index (χ1) is 11.5. The van der Waals surface area contributed by atoms with Gasteiger partial charge in [-0.3, -0.25) is 0 Å². The van der Waals surface area contributed by atoms with Crippen LogP contribution >= 0.6 is 0 Å². The maximum atomic E-state index is 11.8. The highest BCUT2D eigenvalue weighted by Crippen LogP contribution is 2.39. The Morgan fingerprint density at radius 2 is 2.00 bits per heavy atom. The molecule has 1 aliphatic rings. The molecule has 0 saturated heterocycles. The first kappa shape index (κ1) is 18.8. The van der Waals surface area contributed by atoms with Crippen molar-refractivity contribution in [1.82, 2.24) is 4.90 Å². The van der Waals surface area contributed by atoms with Crippen LogP contribution in [0.5, 0.6) is 5.75 Å². The molecule has 24 heavy (non-hydrogen) atoms. The molecule has 0 amide bonds. The van der Waals surface area contributed by atoms with Gasteiger partial charge in [0.25, 0.3) is 0 Å². The third-order valence-electron chi connectivity index (χ3n) is 4.53. The Balaban J connectivity index is 2.03. The van der Waals surface area contributed by atoms with Crippen LogP contribution in [0.3, 0.4) is 0 Å². The zero-order valence-electron chi connectivity index (χ0n) is 15.5. The second-order valence-corrected chi connectivity index (χ2v) is 7.54. The van der Waals surface area contributed by atoms with Crippen molar-refractivity contribution in [3.63, 3.8) is 0 Å². The number of ether oxygens (including phenoxy) is 2. The molecular formula is C20H31NO3. The summed E-state index contributed by atoms with van der Waals surface area (Å²) < 4.78 is 10.4. The Morgan fingerprint density at radius 1 is 1.25 bits per heavy atom. The topological polar surface area (TPSA) is 38.8 Å². The molecule has 0 aliphatic heterocycles. The molecule has 0 bridgehead atoms. The van der Waals surface area contributed by atoms with Crippen molar-refractivity contribution in [3.8, 4) is 5.75 Å². The van der Waals surface area contributed by atoms with E-state index in [1.807, 2.05) is 32.0 Å². The normalized spacial score (nSPS) is 21.1. The van der Waals surface area contributed by atoms with Gasteiger partial charge in [-0.2, -0.15) is 0 Å². The highest BCUT2D eigenvalue weighted by Gasteiger charge is 2.27. The van der Waals surface area contributed by atoms with Crippen LogP contribution in [0.25, 0.3) is 0 Å². The number of carbonyl (C=O) groups excluding carboxylic acids is 1.